The summed E-state index contributed by atoms with van der Waals surface area (Å²) in [6.07, 6.45) is 0. The maximum atomic E-state index is 12.9. The number of hydrogen-bond donors (Lipinski definition) is 0. The fraction of sp³-hybridized carbons (Fsp3) is 0.318. The number of thiazole rings is 1. The second kappa shape index (κ2) is 9.15. The van der Waals surface area contributed by atoms with Crippen molar-refractivity contribution in [2.24, 2.45) is 4.99 Å². The van der Waals surface area contributed by atoms with Crippen LogP contribution in [-0.2, 0) is 25.9 Å². The third-order valence-electron chi connectivity index (χ3n) is 4.72. The van der Waals surface area contributed by atoms with Gasteiger partial charge in [0, 0.05) is 5.56 Å². The minimum absolute atomic E-state index is 0.0593. The zero-order valence-corrected chi connectivity index (χ0v) is 19.5. The van der Waals surface area contributed by atoms with Gasteiger partial charge in [0.1, 0.15) is 6.54 Å². The lowest BCUT2D eigenvalue weighted by Gasteiger charge is -2.06. The predicted octanol–water partition coefficient (Wildman–Crippen LogP) is 3.42. The van der Waals surface area contributed by atoms with Crippen LogP contribution in [0.2, 0.25) is 0 Å². The van der Waals surface area contributed by atoms with Gasteiger partial charge in [-0.3, -0.25) is 9.59 Å². The molecular formula is C22H24N2O5S2. The number of benzene rings is 2. The molecule has 0 unspecified atom stereocenters. The van der Waals surface area contributed by atoms with Crippen LogP contribution in [0, 0.1) is 13.8 Å². The van der Waals surface area contributed by atoms with E-state index >= 15 is 0 Å². The van der Waals surface area contributed by atoms with E-state index in [4.69, 9.17) is 4.74 Å². The van der Waals surface area contributed by atoms with Gasteiger partial charge in [-0.2, -0.15) is 4.99 Å². The normalized spacial score (nSPS) is 12.3. The number of aromatic nitrogens is 1. The minimum atomic E-state index is -3.45. The summed E-state index contributed by atoms with van der Waals surface area (Å²) < 4.78 is 32.0. The van der Waals surface area contributed by atoms with Gasteiger partial charge < -0.3 is 9.30 Å². The van der Waals surface area contributed by atoms with E-state index in [0.717, 1.165) is 21.3 Å². The van der Waals surface area contributed by atoms with Crippen LogP contribution in [0.25, 0.3) is 10.2 Å². The molecule has 1 amide bonds. The van der Waals surface area contributed by atoms with Gasteiger partial charge in [0.05, 0.1) is 27.5 Å². The zero-order chi connectivity index (χ0) is 22.8. The molecule has 0 radical (unpaired) electrons. The number of carbonyl (C=O) groups excluding carboxylic acids is 2. The number of ether oxygens (including phenoxy) is 1. The van der Waals surface area contributed by atoms with Gasteiger partial charge in [-0.05, 0) is 56.2 Å². The average molecular weight is 461 g/mol. The van der Waals surface area contributed by atoms with E-state index in [0.29, 0.717) is 4.80 Å². The van der Waals surface area contributed by atoms with Gasteiger partial charge in [0.2, 0.25) is 0 Å². The van der Waals surface area contributed by atoms with Gasteiger partial charge >= 0.3 is 5.97 Å². The van der Waals surface area contributed by atoms with Crippen molar-refractivity contribution in [2.45, 2.75) is 39.1 Å². The number of carbonyl (C=O) groups is 2. The SMILES string of the molecule is CCOC(=O)Cn1c(=NC(=O)c2cccc(S(=O)(=O)CC)c2)sc2c(C)cc(C)cc21. The van der Waals surface area contributed by atoms with E-state index in [1.54, 1.807) is 18.4 Å². The summed E-state index contributed by atoms with van der Waals surface area (Å²) in [7, 11) is -3.45. The molecule has 0 bridgehead atoms. The van der Waals surface area contributed by atoms with Gasteiger partial charge in [0.15, 0.2) is 14.6 Å². The van der Waals surface area contributed by atoms with Gasteiger partial charge in [-0.25, -0.2) is 8.42 Å². The standard InChI is InChI=1S/C22H24N2O5S2/c1-5-29-19(25)13-24-18-11-14(3)10-15(4)20(18)30-22(24)23-21(26)16-8-7-9-17(12-16)31(27,28)6-2/h7-12H,5-6,13H2,1-4H3. The maximum Gasteiger partial charge on any atom is 0.326 e. The maximum absolute atomic E-state index is 12.9. The Hall–Kier alpha value is -2.78. The molecule has 3 aromatic rings. The van der Waals surface area contributed by atoms with Crippen LogP contribution >= 0.6 is 11.3 Å². The van der Waals surface area contributed by atoms with Crippen molar-refractivity contribution in [3.63, 3.8) is 0 Å². The van der Waals surface area contributed by atoms with Crippen LogP contribution in [-0.4, -0.2) is 37.2 Å². The molecular weight excluding hydrogens is 436 g/mol. The molecule has 0 aliphatic carbocycles. The summed E-state index contributed by atoms with van der Waals surface area (Å²) in [4.78, 5) is 29.8. The fourth-order valence-electron chi connectivity index (χ4n) is 3.23. The number of amides is 1. The average Bonchev–Trinajstić information content (AvgIpc) is 3.05. The molecule has 0 aliphatic heterocycles. The van der Waals surface area contributed by atoms with Crippen LogP contribution in [0.15, 0.2) is 46.3 Å². The van der Waals surface area contributed by atoms with Crippen molar-refractivity contribution in [3.8, 4) is 0 Å². The first kappa shape index (κ1) is 22.9. The van der Waals surface area contributed by atoms with Crippen molar-refractivity contribution in [3.05, 3.63) is 57.9 Å². The van der Waals surface area contributed by atoms with Crippen molar-refractivity contribution in [2.75, 3.05) is 12.4 Å². The molecule has 0 N–H and O–H groups in total. The molecule has 31 heavy (non-hydrogen) atoms. The summed E-state index contributed by atoms with van der Waals surface area (Å²) in [6.45, 7) is 7.38. The lowest BCUT2D eigenvalue weighted by molar-refractivity contribution is -0.143. The quantitative estimate of drug-likeness (QED) is 0.526. The van der Waals surface area contributed by atoms with Crippen LogP contribution in [0.3, 0.4) is 0 Å². The van der Waals surface area contributed by atoms with Crippen LogP contribution in [0.5, 0.6) is 0 Å². The Labute approximate surface area is 184 Å². The minimum Gasteiger partial charge on any atom is -0.465 e. The van der Waals surface area contributed by atoms with E-state index in [1.807, 2.05) is 26.0 Å². The molecule has 1 heterocycles. The number of sulfone groups is 1. The summed E-state index contributed by atoms with van der Waals surface area (Å²) in [6, 6.07) is 9.81. The number of rotatable bonds is 6. The van der Waals surface area contributed by atoms with E-state index in [1.165, 1.54) is 35.6 Å². The number of hydrogen-bond acceptors (Lipinski definition) is 6. The number of aryl methyl sites for hydroxylation is 2. The molecule has 164 valence electrons. The largest absolute Gasteiger partial charge is 0.465 e. The molecule has 0 saturated heterocycles. The Kier molecular flexibility index (Phi) is 6.76. The highest BCUT2D eigenvalue weighted by molar-refractivity contribution is 7.91. The molecule has 0 fully saturated rings. The third-order valence-corrected chi connectivity index (χ3v) is 7.69. The zero-order valence-electron chi connectivity index (χ0n) is 17.8. The topological polar surface area (TPSA) is 94.8 Å². The number of esters is 1. The molecule has 0 spiro atoms. The Morgan fingerprint density at radius 2 is 1.87 bits per heavy atom. The van der Waals surface area contributed by atoms with Crippen molar-refractivity contribution < 1.29 is 22.7 Å². The first-order valence-corrected chi connectivity index (χ1v) is 12.3. The highest BCUT2D eigenvalue weighted by Crippen LogP contribution is 2.24. The van der Waals surface area contributed by atoms with Crippen molar-refractivity contribution in [1.82, 2.24) is 4.57 Å². The predicted molar refractivity (Wildman–Crippen MR) is 120 cm³/mol. The van der Waals surface area contributed by atoms with E-state index in [9.17, 15) is 18.0 Å². The van der Waals surface area contributed by atoms with Gasteiger partial charge in [-0.1, -0.05) is 30.4 Å². The lowest BCUT2D eigenvalue weighted by atomic mass is 10.1. The summed E-state index contributed by atoms with van der Waals surface area (Å²) in [5.74, 6) is -1.06. The Morgan fingerprint density at radius 1 is 1.13 bits per heavy atom. The summed E-state index contributed by atoms with van der Waals surface area (Å²) in [5.41, 5.74) is 3.00. The highest BCUT2D eigenvalue weighted by Gasteiger charge is 2.17. The lowest BCUT2D eigenvalue weighted by Crippen LogP contribution is -2.23. The Bertz CT molecular complexity index is 1330. The molecule has 7 nitrogen and oxygen atoms in total. The van der Waals surface area contributed by atoms with Gasteiger partial charge in [-0.15, -0.1) is 0 Å². The number of nitrogens with zero attached hydrogens (tertiary/aromatic N) is 2. The molecule has 0 aliphatic rings. The monoisotopic (exact) mass is 460 g/mol. The molecule has 0 saturated carbocycles. The molecule has 0 atom stereocenters. The fourth-order valence-corrected chi connectivity index (χ4v) is 5.23. The third kappa shape index (κ3) is 4.94. The van der Waals surface area contributed by atoms with Crippen LogP contribution in [0.1, 0.15) is 35.3 Å². The molecule has 1 aromatic heterocycles. The Balaban J connectivity index is 2.15. The van der Waals surface area contributed by atoms with Crippen molar-refractivity contribution >= 4 is 43.3 Å². The summed E-state index contributed by atoms with van der Waals surface area (Å²) >= 11 is 1.31. The van der Waals surface area contributed by atoms with E-state index in [2.05, 4.69) is 4.99 Å². The van der Waals surface area contributed by atoms with Gasteiger partial charge in [0.25, 0.3) is 5.91 Å². The molecule has 3 rings (SSSR count). The first-order valence-electron chi connectivity index (χ1n) is 9.84. The van der Waals surface area contributed by atoms with E-state index in [-0.39, 0.29) is 29.4 Å². The highest BCUT2D eigenvalue weighted by atomic mass is 32.2. The summed E-state index contributed by atoms with van der Waals surface area (Å²) in [5, 5.41) is 0. The van der Waals surface area contributed by atoms with Crippen molar-refractivity contribution in [1.29, 1.82) is 0 Å². The smallest absolute Gasteiger partial charge is 0.326 e. The molecule has 2 aromatic carbocycles. The molecule has 9 heteroatoms. The Morgan fingerprint density at radius 3 is 2.55 bits per heavy atom. The van der Waals surface area contributed by atoms with Crippen LogP contribution < -0.4 is 4.80 Å². The van der Waals surface area contributed by atoms with E-state index < -0.39 is 21.7 Å². The van der Waals surface area contributed by atoms with Crippen LogP contribution in [0.4, 0.5) is 0 Å². The second-order valence-corrected chi connectivity index (χ2v) is 10.3. The number of fused-ring (bicyclic) bond motifs is 1. The second-order valence-electron chi connectivity index (χ2n) is 7.05. The first-order chi connectivity index (χ1) is 14.7.